The third-order valence-electron chi connectivity index (χ3n) is 5.75. The Labute approximate surface area is 160 Å². The number of aliphatic imine (C=N–C) groups is 1. The quantitative estimate of drug-likeness (QED) is 0.385. The Hall–Kier alpha value is -0.850. The highest BCUT2D eigenvalue weighted by atomic mass is 16.5. The number of guanidine groups is 1. The van der Waals surface area contributed by atoms with Crippen LogP contribution < -0.4 is 5.32 Å². The standard InChI is InChI=1S/C20H40N4O2/c1-21-20(22-12-15-23(2)18-8-5-4-6-9-18)24-13-10-19(11-14-24)26-17-7-16-25-3/h18-19H,4-17H2,1-3H3,(H,21,22). The van der Waals surface area contributed by atoms with Gasteiger partial charge in [-0.25, -0.2) is 0 Å². The number of nitrogens with zero attached hydrogens (tertiary/aromatic N) is 3. The lowest BCUT2D eigenvalue weighted by molar-refractivity contribution is 0.00989. The minimum atomic E-state index is 0.388. The number of ether oxygens (including phenoxy) is 2. The molecule has 26 heavy (non-hydrogen) atoms. The molecule has 2 rings (SSSR count). The van der Waals surface area contributed by atoms with Gasteiger partial charge in [-0.15, -0.1) is 0 Å². The summed E-state index contributed by atoms with van der Waals surface area (Å²) in [6.07, 6.45) is 10.5. The lowest BCUT2D eigenvalue weighted by Crippen LogP contribution is -2.49. The molecule has 2 fully saturated rings. The molecular formula is C20H40N4O2. The number of nitrogens with one attached hydrogen (secondary N) is 1. The van der Waals surface area contributed by atoms with E-state index in [-0.39, 0.29) is 0 Å². The van der Waals surface area contributed by atoms with Crippen molar-refractivity contribution < 1.29 is 9.47 Å². The molecule has 152 valence electrons. The van der Waals surface area contributed by atoms with Gasteiger partial charge in [0, 0.05) is 59.6 Å². The van der Waals surface area contributed by atoms with Crippen LogP contribution in [-0.4, -0.2) is 88.5 Å². The Morgan fingerprint density at radius 1 is 1.12 bits per heavy atom. The maximum Gasteiger partial charge on any atom is 0.193 e. The molecule has 6 heteroatoms. The second kappa shape index (κ2) is 12.5. The van der Waals surface area contributed by atoms with Crippen molar-refractivity contribution in [1.29, 1.82) is 0 Å². The first-order chi connectivity index (χ1) is 12.7. The molecule has 0 atom stereocenters. The number of likely N-dealkylation sites (N-methyl/N-ethyl adjacent to an activating group) is 1. The Balaban J connectivity index is 1.61. The summed E-state index contributed by atoms with van der Waals surface area (Å²) in [5.74, 6) is 1.04. The van der Waals surface area contributed by atoms with Gasteiger partial charge in [0.1, 0.15) is 0 Å². The van der Waals surface area contributed by atoms with Crippen LogP contribution in [0.2, 0.25) is 0 Å². The lowest BCUT2D eigenvalue weighted by Gasteiger charge is -2.35. The summed E-state index contributed by atoms with van der Waals surface area (Å²) >= 11 is 0. The fraction of sp³-hybridized carbons (Fsp3) is 0.950. The van der Waals surface area contributed by atoms with E-state index >= 15 is 0 Å². The van der Waals surface area contributed by atoms with Gasteiger partial charge in [-0.1, -0.05) is 19.3 Å². The predicted octanol–water partition coefficient (Wildman–Crippen LogP) is 2.34. The monoisotopic (exact) mass is 368 g/mol. The molecule has 1 saturated heterocycles. The molecule has 0 aromatic heterocycles. The van der Waals surface area contributed by atoms with Crippen molar-refractivity contribution in [3.63, 3.8) is 0 Å². The number of likely N-dealkylation sites (tertiary alicyclic amines) is 1. The highest BCUT2D eigenvalue weighted by Crippen LogP contribution is 2.21. The number of hydrogen-bond acceptors (Lipinski definition) is 4. The van der Waals surface area contributed by atoms with Crippen LogP contribution in [0.15, 0.2) is 4.99 Å². The third kappa shape index (κ3) is 7.41. The van der Waals surface area contributed by atoms with Gasteiger partial charge in [-0.05, 0) is 39.2 Å². The molecule has 0 radical (unpaired) electrons. The van der Waals surface area contributed by atoms with Crippen molar-refractivity contribution in [2.45, 2.75) is 63.5 Å². The van der Waals surface area contributed by atoms with Crippen LogP contribution >= 0.6 is 0 Å². The van der Waals surface area contributed by atoms with E-state index in [4.69, 9.17) is 9.47 Å². The van der Waals surface area contributed by atoms with Crippen molar-refractivity contribution in [2.75, 3.05) is 60.6 Å². The zero-order valence-corrected chi connectivity index (χ0v) is 17.2. The predicted molar refractivity (Wildman–Crippen MR) is 108 cm³/mol. The fourth-order valence-corrected chi connectivity index (χ4v) is 4.07. The summed E-state index contributed by atoms with van der Waals surface area (Å²) in [7, 11) is 5.90. The maximum atomic E-state index is 5.95. The van der Waals surface area contributed by atoms with Crippen molar-refractivity contribution in [3.05, 3.63) is 0 Å². The normalized spacial score (nSPS) is 20.8. The molecule has 0 amide bonds. The molecule has 1 heterocycles. The van der Waals surface area contributed by atoms with Crippen LogP contribution in [0.3, 0.4) is 0 Å². The summed E-state index contributed by atoms with van der Waals surface area (Å²) in [5.41, 5.74) is 0. The van der Waals surface area contributed by atoms with Crippen LogP contribution in [0.1, 0.15) is 51.4 Å². The Kier molecular flexibility index (Phi) is 10.3. The Bertz CT molecular complexity index is 391. The van der Waals surface area contributed by atoms with Gasteiger partial charge in [0.2, 0.25) is 0 Å². The highest BCUT2D eigenvalue weighted by Gasteiger charge is 2.22. The Morgan fingerprint density at radius 2 is 1.85 bits per heavy atom. The summed E-state index contributed by atoms with van der Waals surface area (Å²) in [6, 6.07) is 0.776. The van der Waals surface area contributed by atoms with Gasteiger partial charge in [-0.3, -0.25) is 4.99 Å². The summed E-state index contributed by atoms with van der Waals surface area (Å²) in [5, 5.41) is 3.56. The zero-order chi connectivity index (χ0) is 18.6. The lowest BCUT2D eigenvalue weighted by atomic mass is 9.94. The van der Waals surface area contributed by atoms with E-state index in [1.165, 1.54) is 32.1 Å². The highest BCUT2D eigenvalue weighted by molar-refractivity contribution is 5.79. The molecule has 0 unspecified atom stereocenters. The molecule has 1 N–H and O–H groups in total. The summed E-state index contributed by atoms with van der Waals surface area (Å²) in [4.78, 5) is 9.39. The summed E-state index contributed by atoms with van der Waals surface area (Å²) in [6.45, 7) is 5.68. The molecule has 2 aliphatic rings. The number of rotatable bonds is 9. The van der Waals surface area contributed by atoms with E-state index in [2.05, 4.69) is 27.2 Å². The van der Waals surface area contributed by atoms with Gasteiger partial charge in [-0.2, -0.15) is 0 Å². The van der Waals surface area contributed by atoms with Crippen molar-refractivity contribution in [3.8, 4) is 0 Å². The molecule has 1 aliphatic heterocycles. The molecule has 0 aromatic carbocycles. The van der Waals surface area contributed by atoms with Crippen molar-refractivity contribution >= 4 is 5.96 Å². The van der Waals surface area contributed by atoms with Crippen LogP contribution in [0.25, 0.3) is 0 Å². The van der Waals surface area contributed by atoms with Crippen LogP contribution in [-0.2, 0) is 9.47 Å². The molecule has 0 aromatic rings. The van der Waals surface area contributed by atoms with Crippen LogP contribution in [0.5, 0.6) is 0 Å². The molecule has 0 spiro atoms. The molecule has 1 saturated carbocycles. The molecular weight excluding hydrogens is 328 g/mol. The number of piperidine rings is 1. The van der Waals surface area contributed by atoms with E-state index in [0.717, 1.165) is 70.7 Å². The number of methoxy groups -OCH3 is 1. The van der Waals surface area contributed by atoms with Crippen molar-refractivity contribution in [2.24, 2.45) is 4.99 Å². The van der Waals surface area contributed by atoms with Gasteiger partial charge in [0.15, 0.2) is 5.96 Å². The van der Waals surface area contributed by atoms with E-state index in [9.17, 15) is 0 Å². The minimum absolute atomic E-state index is 0.388. The largest absolute Gasteiger partial charge is 0.385 e. The first-order valence-corrected chi connectivity index (χ1v) is 10.5. The van der Waals surface area contributed by atoms with Gasteiger partial charge in [0.25, 0.3) is 0 Å². The van der Waals surface area contributed by atoms with E-state index in [0.29, 0.717) is 6.10 Å². The third-order valence-corrected chi connectivity index (χ3v) is 5.75. The average molecular weight is 369 g/mol. The molecule has 0 bridgehead atoms. The Morgan fingerprint density at radius 3 is 2.50 bits per heavy atom. The van der Waals surface area contributed by atoms with Crippen molar-refractivity contribution in [1.82, 2.24) is 15.1 Å². The van der Waals surface area contributed by atoms with Crippen LogP contribution in [0.4, 0.5) is 0 Å². The van der Waals surface area contributed by atoms with Gasteiger partial charge >= 0.3 is 0 Å². The first-order valence-electron chi connectivity index (χ1n) is 10.5. The number of hydrogen-bond donors (Lipinski definition) is 1. The SMILES string of the molecule is CN=C(NCCN(C)C1CCCCC1)N1CCC(OCCCOC)CC1. The molecule has 1 aliphatic carbocycles. The second-order valence-corrected chi connectivity index (χ2v) is 7.65. The fourth-order valence-electron chi connectivity index (χ4n) is 4.07. The van der Waals surface area contributed by atoms with E-state index in [1.807, 2.05) is 7.05 Å². The van der Waals surface area contributed by atoms with E-state index in [1.54, 1.807) is 7.11 Å². The minimum Gasteiger partial charge on any atom is -0.385 e. The van der Waals surface area contributed by atoms with Crippen LogP contribution in [0, 0.1) is 0 Å². The first kappa shape index (κ1) is 21.5. The zero-order valence-electron chi connectivity index (χ0n) is 17.2. The smallest absolute Gasteiger partial charge is 0.193 e. The van der Waals surface area contributed by atoms with Gasteiger partial charge in [0.05, 0.1) is 6.10 Å². The molecule has 6 nitrogen and oxygen atoms in total. The van der Waals surface area contributed by atoms with E-state index < -0.39 is 0 Å². The maximum absolute atomic E-state index is 5.95. The average Bonchev–Trinajstić information content (AvgIpc) is 2.70. The summed E-state index contributed by atoms with van der Waals surface area (Å²) < 4.78 is 11.0. The topological polar surface area (TPSA) is 49.3 Å². The second-order valence-electron chi connectivity index (χ2n) is 7.65. The van der Waals surface area contributed by atoms with Gasteiger partial charge < -0.3 is 24.6 Å².